The Labute approximate surface area is 124 Å². The van der Waals surface area contributed by atoms with Crippen LogP contribution in [0.25, 0.3) is 0 Å². The SMILES string of the molecule is O=C(NCCc1ccccc1C(=O)O)NCCC1CCC1. The first-order chi connectivity index (χ1) is 10.2. The lowest BCUT2D eigenvalue weighted by molar-refractivity contribution is 0.0695. The molecule has 0 heterocycles. The van der Waals surface area contributed by atoms with Crippen LogP contribution in [0.3, 0.4) is 0 Å². The zero-order chi connectivity index (χ0) is 15.1. The number of carboxylic acid groups (broad SMARTS) is 1. The monoisotopic (exact) mass is 290 g/mol. The van der Waals surface area contributed by atoms with Crippen LogP contribution < -0.4 is 10.6 Å². The summed E-state index contributed by atoms with van der Waals surface area (Å²) < 4.78 is 0. The van der Waals surface area contributed by atoms with Crippen LogP contribution in [0.1, 0.15) is 41.6 Å². The molecule has 0 unspecified atom stereocenters. The predicted octanol–water partition coefficient (Wildman–Crippen LogP) is 2.42. The highest BCUT2D eigenvalue weighted by Crippen LogP contribution is 2.28. The van der Waals surface area contributed by atoms with E-state index >= 15 is 0 Å². The number of amides is 2. The Morgan fingerprint density at radius 2 is 1.86 bits per heavy atom. The first kappa shape index (κ1) is 15.4. The normalized spacial score (nSPS) is 14.3. The van der Waals surface area contributed by atoms with Crippen molar-refractivity contribution >= 4 is 12.0 Å². The zero-order valence-corrected chi connectivity index (χ0v) is 12.1. The average Bonchev–Trinajstić information content (AvgIpc) is 2.42. The van der Waals surface area contributed by atoms with Gasteiger partial charge in [-0.3, -0.25) is 0 Å². The quantitative estimate of drug-likeness (QED) is 0.721. The van der Waals surface area contributed by atoms with Crippen molar-refractivity contribution in [1.82, 2.24) is 10.6 Å². The average molecular weight is 290 g/mol. The number of aromatic carboxylic acids is 1. The maximum Gasteiger partial charge on any atom is 0.335 e. The number of nitrogens with one attached hydrogen (secondary N) is 2. The summed E-state index contributed by atoms with van der Waals surface area (Å²) in [6, 6.07) is 6.69. The van der Waals surface area contributed by atoms with Gasteiger partial charge in [-0.05, 0) is 30.4 Å². The van der Waals surface area contributed by atoms with Gasteiger partial charge in [-0.25, -0.2) is 9.59 Å². The van der Waals surface area contributed by atoms with E-state index in [-0.39, 0.29) is 6.03 Å². The second-order valence-electron chi connectivity index (χ2n) is 5.48. The summed E-state index contributed by atoms with van der Waals surface area (Å²) in [6.07, 6.45) is 5.46. The molecule has 2 amide bonds. The fraction of sp³-hybridized carbons (Fsp3) is 0.500. The minimum Gasteiger partial charge on any atom is -0.478 e. The Kier molecular flexibility index (Phi) is 5.60. The summed E-state index contributed by atoms with van der Waals surface area (Å²) in [5.41, 5.74) is 1.03. The third-order valence-electron chi connectivity index (χ3n) is 3.99. The number of hydrogen-bond donors (Lipinski definition) is 3. The standard InChI is InChI=1S/C16H22N2O3/c19-15(20)14-7-2-1-6-13(14)9-11-18-16(21)17-10-8-12-4-3-5-12/h1-2,6-7,12H,3-5,8-11H2,(H,19,20)(H2,17,18,21). The molecule has 0 atom stereocenters. The van der Waals surface area contributed by atoms with Gasteiger partial charge in [0.15, 0.2) is 0 Å². The molecule has 5 nitrogen and oxygen atoms in total. The number of carboxylic acids is 1. The van der Waals surface area contributed by atoms with Crippen molar-refractivity contribution in [3.05, 3.63) is 35.4 Å². The van der Waals surface area contributed by atoms with E-state index in [9.17, 15) is 9.59 Å². The lowest BCUT2D eigenvalue weighted by Crippen LogP contribution is -2.38. The summed E-state index contributed by atoms with van der Waals surface area (Å²) in [4.78, 5) is 22.7. The van der Waals surface area contributed by atoms with Crippen LogP contribution >= 0.6 is 0 Å². The molecule has 5 heteroatoms. The molecule has 3 N–H and O–H groups in total. The summed E-state index contributed by atoms with van der Waals surface area (Å²) in [5.74, 6) is -0.150. The van der Waals surface area contributed by atoms with Gasteiger partial charge < -0.3 is 15.7 Å². The van der Waals surface area contributed by atoms with Gasteiger partial charge in [-0.2, -0.15) is 0 Å². The van der Waals surface area contributed by atoms with E-state index in [0.29, 0.717) is 25.1 Å². The van der Waals surface area contributed by atoms with Crippen molar-refractivity contribution in [2.75, 3.05) is 13.1 Å². The summed E-state index contributed by atoms with van der Waals surface area (Å²) in [5, 5.41) is 14.7. The molecule has 2 rings (SSSR count). The van der Waals surface area contributed by atoms with Crippen molar-refractivity contribution < 1.29 is 14.7 Å². The van der Waals surface area contributed by atoms with Crippen molar-refractivity contribution in [2.24, 2.45) is 5.92 Å². The van der Waals surface area contributed by atoms with E-state index in [1.165, 1.54) is 19.3 Å². The molecule has 0 bridgehead atoms. The second kappa shape index (κ2) is 7.67. The number of carbonyl (C=O) groups is 2. The number of hydrogen-bond acceptors (Lipinski definition) is 2. The van der Waals surface area contributed by atoms with Crippen LogP contribution in [0.2, 0.25) is 0 Å². The van der Waals surface area contributed by atoms with Crippen LogP contribution in [0.5, 0.6) is 0 Å². The number of urea groups is 1. The molecule has 1 aliphatic carbocycles. The highest BCUT2D eigenvalue weighted by Gasteiger charge is 2.16. The molecular weight excluding hydrogens is 268 g/mol. The Balaban J connectivity index is 1.66. The fourth-order valence-electron chi connectivity index (χ4n) is 2.49. The molecule has 114 valence electrons. The molecule has 1 aliphatic rings. The van der Waals surface area contributed by atoms with Crippen molar-refractivity contribution in [2.45, 2.75) is 32.1 Å². The molecule has 1 saturated carbocycles. The molecule has 1 fully saturated rings. The van der Waals surface area contributed by atoms with Crippen LogP contribution in [0, 0.1) is 5.92 Å². The van der Waals surface area contributed by atoms with Crippen molar-refractivity contribution in [1.29, 1.82) is 0 Å². The number of benzene rings is 1. The Morgan fingerprint density at radius 1 is 1.14 bits per heavy atom. The molecule has 0 radical (unpaired) electrons. The molecular formula is C16H22N2O3. The van der Waals surface area contributed by atoms with Gasteiger partial charge in [0.05, 0.1) is 5.56 Å². The molecule has 0 saturated heterocycles. The van der Waals surface area contributed by atoms with Gasteiger partial charge in [0.25, 0.3) is 0 Å². The Bertz CT molecular complexity index is 498. The van der Waals surface area contributed by atoms with Gasteiger partial charge in [0, 0.05) is 13.1 Å². The van der Waals surface area contributed by atoms with E-state index in [2.05, 4.69) is 10.6 Å². The van der Waals surface area contributed by atoms with Gasteiger partial charge >= 0.3 is 12.0 Å². The third-order valence-corrected chi connectivity index (χ3v) is 3.99. The van der Waals surface area contributed by atoms with Crippen molar-refractivity contribution in [3.8, 4) is 0 Å². The van der Waals surface area contributed by atoms with E-state index in [1.807, 2.05) is 0 Å². The van der Waals surface area contributed by atoms with Gasteiger partial charge in [0.2, 0.25) is 0 Å². The third kappa shape index (κ3) is 4.77. The smallest absolute Gasteiger partial charge is 0.335 e. The highest BCUT2D eigenvalue weighted by atomic mass is 16.4. The van der Waals surface area contributed by atoms with Crippen molar-refractivity contribution in [3.63, 3.8) is 0 Å². The summed E-state index contributed by atoms with van der Waals surface area (Å²) in [6.45, 7) is 1.14. The first-order valence-corrected chi connectivity index (χ1v) is 7.49. The first-order valence-electron chi connectivity index (χ1n) is 7.49. The molecule has 21 heavy (non-hydrogen) atoms. The van der Waals surface area contributed by atoms with Crippen LogP contribution in [-0.2, 0) is 6.42 Å². The topological polar surface area (TPSA) is 78.4 Å². The number of rotatable bonds is 7. The minimum absolute atomic E-state index is 0.179. The predicted molar refractivity (Wildman–Crippen MR) is 80.5 cm³/mol. The number of carbonyl (C=O) groups excluding carboxylic acids is 1. The molecule has 1 aromatic carbocycles. The molecule has 0 spiro atoms. The van der Waals surface area contributed by atoms with E-state index in [0.717, 1.165) is 17.9 Å². The van der Waals surface area contributed by atoms with Crippen LogP contribution in [0.15, 0.2) is 24.3 Å². The van der Waals surface area contributed by atoms with Gasteiger partial charge in [-0.1, -0.05) is 37.5 Å². The van der Waals surface area contributed by atoms with Gasteiger partial charge in [-0.15, -0.1) is 0 Å². The lowest BCUT2D eigenvalue weighted by Gasteiger charge is -2.25. The van der Waals surface area contributed by atoms with Crippen LogP contribution in [0.4, 0.5) is 4.79 Å². The fourth-order valence-corrected chi connectivity index (χ4v) is 2.49. The lowest BCUT2D eigenvalue weighted by atomic mass is 9.83. The Morgan fingerprint density at radius 3 is 2.52 bits per heavy atom. The van der Waals surface area contributed by atoms with E-state index < -0.39 is 5.97 Å². The second-order valence-corrected chi connectivity index (χ2v) is 5.48. The minimum atomic E-state index is -0.935. The maximum atomic E-state index is 11.6. The highest BCUT2D eigenvalue weighted by molar-refractivity contribution is 5.89. The zero-order valence-electron chi connectivity index (χ0n) is 12.1. The maximum absolute atomic E-state index is 11.6. The van der Waals surface area contributed by atoms with Gasteiger partial charge in [0.1, 0.15) is 0 Å². The van der Waals surface area contributed by atoms with Crippen LogP contribution in [-0.4, -0.2) is 30.2 Å². The summed E-state index contributed by atoms with van der Waals surface area (Å²) >= 11 is 0. The van der Waals surface area contributed by atoms with E-state index in [1.54, 1.807) is 24.3 Å². The largest absolute Gasteiger partial charge is 0.478 e. The van der Waals surface area contributed by atoms with E-state index in [4.69, 9.17) is 5.11 Å². The summed E-state index contributed by atoms with van der Waals surface area (Å²) in [7, 11) is 0. The molecule has 0 aliphatic heterocycles. The Hall–Kier alpha value is -2.04. The molecule has 1 aromatic rings. The molecule has 0 aromatic heterocycles.